The van der Waals surface area contributed by atoms with Crippen LogP contribution in [0.25, 0.3) is 10.2 Å². The zero-order valence-corrected chi connectivity index (χ0v) is 19.7. The van der Waals surface area contributed by atoms with Crippen molar-refractivity contribution in [3.63, 3.8) is 0 Å². The molecule has 8 nitrogen and oxygen atoms in total. The molecule has 180 valence electrons. The first kappa shape index (κ1) is 24.2. The molecule has 2 aromatic carbocycles. The number of carbonyl (C=O) groups is 2. The molecule has 0 unspecified atom stereocenters. The highest BCUT2D eigenvalue weighted by Crippen LogP contribution is 2.30. The van der Waals surface area contributed by atoms with E-state index < -0.39 is 38.4 Å². The van der Waals surface area contributed by atoms with E-state index in [1.54, 1.807) is 25.1 Å². The summed E-state index contributed by atoms with van der Waals surface area (Å²) < 4.78 is 59.7. The molecule has 1 amide bonds. The lowest BCUT2D eigenvalue weighted by molar-refractivity contribution is -0.120. The molecule has 0 atom stereocenters. The Morgan fingerprint density at radius 1 is 1.18 bits per heavy atom. The van der Waals surface area contributed by atoms with Crippen molar-refractivity contribution in [3.8, 4) is 0 Å². The number of amides is 1. The molecule has 1 fully saturated rings. The molecule has 1 aliphatic rings. The van der Waals surface area contributed by atoms with Crippen LogP contribution in [0.1, 0.15) is 30.1 Å². The van der Waals surface area contributed by atoms with Crippen molar-refractivity contribution in [1.82, 2.24) is 9.29 Å². The summed E-state index contributed by atoms with van der Waals surface area (Å²) in [6.45, 7) is 1.98. The number of nitrogens with one attached hydrogen (secondary N) is 1. The van der Waals surface area contributed by atoms with Crippen LogP contribution in [-0.2, 0) is 19.6 Å². The zero-order valence-electron chi connectivity index (χ0n) is 18.1. The van der Waals surface area contributed by atoms with E-state index in [2.05, 4.69) is 10.3 Å². The van der Waals surface area contributed by atoms with Gasteiger partial charge in [-0.15, -0.1) is 0 Å². The number of hydrogen-bond acceptors (Lipinski definition) is 7. The summed E-state index contributed by atoms with van der Waals surface area (Å²) in [6, 6.07) is 7.20. The lowest BCUT2D eigenvalue weighted by atomic mass is 9.97. The fourth-order valence-corrected chi connectivity index (χ4v) is 6.15. The minimum atomic E-state index is -4.22. The number of benzene rings is 2. The number of halogens is 2. The highest BCUT2D eigenvalue weighted by Gasteiger charge is 2.34. The van der Waals surface area contributed by atoms with Gasteiger partial charge in [0.2, 0.25) is 15.9 Å². The normalized spacial score (nSPS) is 15.4. The van der Waals surface area contributed by atoms with Gasteiger partial charge < -0.3 is 10.1 Å². The molecule has 4 rings (SSSR count). The van der Waals surface area contributed by atoms with Crippen LogP contribution in [0.15, 0.2) is 41.3 Å². The van der Waals surface area contributed by atoms with Crippen LogP contribution in [0.4, 0.5) is 13.9 Å². The number of esters is 1. The van der Waals surface area contributed by atoms with Crippen molar-refractivity contribution < 1.29 is 31.5 Å². The number of sulfonamides is 1. The van der Waals surface area contributed by atoms with Gasteiger partial charge in [-0.05, 0) is 56.2 Å². The SMILES string of the molecule is CCOC(=O)c1ccc2nc(NC(=O)C3CCN(S(=O)(=O)c4cc(F)ccc4F)CC3)sc2c1. The molecule has 1 N–H and O–H groups in total. The molecule has 1 aromatic heterocycles. The molecule has 34 heavy (non-hydrogen) atoms. The third kappa shape index (κ3) is 4.93. The Labute approximate surface area is 198 Å². The number of anilines is 1. The predicted molar refractivity (Wildman–Crippen MR) is 122 cm³/mol. The third-order valence-electron chi connectivity index (χ3n) is 5.47. The summed E-state index contributed by atoms with van der Waals surface area (Å²) in [5.41, 5.74) is 1.01. The average molecular weight is 510 g/mol. The molecule has 0 spiro atoms. The Balaban J connectivity index is 1.40. The second kappa shape index (κ2) is 9.72. The summed E-state index contributed by atoms with van der Waals surface area (Å²) in [7, 11) is -4.22. The van der Waals surface area contributed by atoms with E-state index in [-0.39, 0.29) is 38.4 Å². The first-order chi connectivity index (χ1) is 16.2. The molecular weight excluding hydrogens is 488 g/mol. The van der Waals surface area contributed by atoms with Gasteiger partial charge in [0.15, 0.2) is 5.13 Å². The van der Waals surface area contributed by atoms with E-state index in [0.717, 1.165) is 16.4 Å². The first-order valence-corrected chi connectivity index (χ1v) is 12.8. The van der Waals surface area contributed by atoms with E-state index >= 15 is 0 Å². The van der Waals surface area contributed by atoms with Gasteiger partial charge in [-0.1, -0.05) is 11.3 Å². The van der Waals surface area contributed by atoms with Crippen LogP contribution in [0.5, 0.6) is 0 Å². The van der Waals surface area contributed by atoms with Gasteiger partial charge in [-0.25, -0.2) is 27.0 Å². The summed E-state index contributed by atoms with van der Waals surface area (Å²) in [4.78, 5) is 28.3. The predicted octanol–water partition coefficient (Wildman–Crippen LogP) is 3.79. The summed E-state index contributed by atoms with van der Waals surface area (Å²) in [5.74, 6) is -3.09. The van der Waals surface area contributed by atoms with Crippen molar-refractivity contribution in [1.29, 1.82) is 0 Å². The van der Waals surface area contributed by atoms with Crippen LogP contribution >= 0.6 is 11.3 Å². The van der Waals surface area contributed by atoms with Crippen LogP contribution in [0.2, 0.25) is 0 Å². The first-order valence-electron chi connectivity index (χ1n) is 10.5. The molecule has 0 bridgehead atoms. The molecule has 0 saturated carbocycles. The second-order valence-electron chi connectivity index (χ2n) is 7.66. The van der Waals surface area contributed by atoms with Crippen LogP contribution < -0.4 is 5.32 Å². The number of piperidine rings is 1. The number of thiazole rings is 1. The van der Waals surface area contributed by atoms with E-state index in [1.807, 2.05) is 0 Å². The van der Waals surface area contributed by atoms with Crippen LogP contribution in [-0.4, -0.2) is 49.3 Å². The van der Waals surface area contributed by atoms with Crippen molar-refractivity contribution >= 4 is 48.6 Å². The van der Waals surface area contributed by atoms with Crippen LogP contribution in [0.3, 0.4) is 0 Å². The number of rotatable bonds is 6. The smallest absolute Gasteiger partial charge is 0.338 e. The number of hydrogen-bond donors (Lipinski definition) is 1. The van der Waals surface area contributed by atoms with Crippen molar-refractivity contribution in [2.75, 3.05) is 25.0 Å². The fourth-order valence-electron chi connectivity index (χ4n) is 3.70. The standard InChI is InChI=1S/C22H21F2N3O5S2/c1-2-32-21(29)14-3-6-17-18(11-14)33-22(25-17)26-20(28)13-7-9-27(10-8-13)34(30,31)19-12-15(23)4-5-16(19)24/h3-6,11-13H,2,7-10H2,1H3,(H,25,26,28). The quantitative estimate of drug-likeness (QED) is 0.507. The number of ether oxygens (including phenoxy) is 1. The molecule has 0 aliphatic carbocycles. The number of fused-ring (bicyclic) bond motifs is 1. The van der Waals surface area contributed by atoms with E-state index in [9.17, 15) is 26.8 Å². The topological polar surface area (TPSA) is 106 Å². The highest BCUT2D eigenvalue weighted by atomic mass is 32.2. The Hall–Kier alpha value is -2.96. The lowest BCUT2D eigenvalue weighted by Gasteiger charge is -2.30. The maximum atomic E-state index is 14.0. The van der Waals surface area contributed by atoms with Crippen molar-refractivity contribution in [3.05, 3.63) is 53.6 Å². The van der Waals surface area contributed by atoms with Gasteiger partial charge in [-0.2, -0.15) is 4.31 Å². The van der Waals surface area contributed by atoms with Gasteiger partial charge in [0.05, 0.1) is 22.4 Å². The van der Waals surface area contributed by atoms with Gasteiger partial charge in [0.25, 0.3) is 0 Å². The molecule has 12 heteroatoms. The summed E-state index contributed by atoms with van der Waals surface area (Å²) >= 11 is 1.21. The molecule has 1 saturated heterocycles. The molecular formula is C22H21F2N3O5S2. The second-order valence-corrected chi connectivity index (χ2v) is 10.6. The molecule has 1 aliphatic heterocycles. The number of nitrogens with zero attached hydrogens (tertiary/aromatic N) is 2. The molecule has 2 heterocycles. The minimum absolute atomic E-state index is 0.000875. The van der Waals surface area contributed by atoms with E-state index in [0.29, 0.717) is 27.0 Å². The highest BCUT2D eigenvalue weighted by molar-refractivity contribution is 7.89. The maximum absolute atomic E-state index is 14.0. The molecule has 0 radical (unpaired) electrons. The average Bonchev–Trinajstić information content (AvgIpc) is 3.22. The Morgan fingerprint density at radius 3 is 2.62 bits per heavy atom. The Bertz CT molecular complexity index is 1350. The number of aromatic nitrogens is 1. The maximum Gasteiger partial charge on any atom is 0.338 e. The fraction of sp³-hybridized carbons (Fsp3) is 0.318. The zero-order chi connectivity index (χ0) is 24.5. The van der Waals surface area contributed by atoms with Gasteiger partial charge in [0, 0.05) is 19.0 Å². The van der Waals surface area contributed by atoms with Crippen molar-refractivity contribution in [2.24, 2.45) is 5.92 Å². The van der Waals surface area contributed by atoms with Gasteiger partial charge in [0.1, 0.15) is 16.5 Å². The lowest BCUT2D eigenvalue weighted by Crippen LogP contribution is -2.41. The van der Waals surface area contributed by atoms with E-state index in [4.69, 9.17) is 4.74 Å². The Morgan fingerprint density at radius 2 is 1.91 bits per heavy atom. The largest absolute Gasteiger partial charge is 0.462 e. The van der Waals surface area contributed by atoms with Gasteiger partial charge in [-0.3, -0.25) is 4.79 Å². The Kier molecular flexibility index (Phi) is 6.91. The van der Waals surface area contributed by atoms with E-state index in [1.165, 1.54) is 11.3 Å². The van der Waals surface area contributed by atoms with Crippen LogP contribution in [0, 0.1) is 17.6 Å². The van der Waals surface area contributed by atoms with Crippen molar-refractivity contribution in [2.45, 2.75) is 24.7 Å². The number of carbonyl (C=O) groups excluding carboxylic acids is 2. The third-order valence-corrected chi connectivity index (χ3v) is 8.31. The van der Waals surface area contributed by atoms with Gasteiger partial charge >= 0.3 is 5.97 Å². The summed E-state index contributed by atoms with van der Waals surface area (Å²) in [5, 5.41) is 3.11. The molecule has 3 aromatic rings. The minimum Gasteiger partial charge on any atom is -0.462 e. The summed E-state index contributed by atoms with van der Waals surface area (Å²) in [6.07, 6.45) is 0.444. The monoisotopic (exact) mass is 509 g/mol.